The Balaban J connectivity index is 0.000000286. The van der Waals surface area contributed by atoms with Crippen LogP contribution in [0.25, 0.3) is 0 Å². The van der Waals surface area contributed by atoms with Crippen molar-refractivity contribution in [1.29, 1.82) is 0 Å². The zero-order valence-electron chi connectivity index (χ0n) is 35.0. The molecule has 2 aliphatic heterocycles. The van der Waals surface area contributed by atoms with Gasteiger partial charge in [-0.1, -0.05) is 118 Å². The van der Waals surface area contributed by atoms with Gasteiger partial charge in [0, 0.05) is 62.5 Å². The quantitative estimate of drug-likeness (QED) is 0.142. The fourth-order valence-electron chi connectivity index (χ4n) is 7.27. The van der Waals surface area contributed by atoms with Gasteiger partial charge in [-0.05, 0) is 98.4 Å². The SMILES string of the molecule is C.CCC(=O)Cl.CCC(=O)N(c1ccccc1)[C@H](C)[C@@H]1CCCN(C(=O)OCc2ccccc2)C1.C[C@@H](Nc1ccccc1)[C@@H]1CCCN(C(=O)OCc2ccccc2)C1. The van der Waals surface area contributed by atoms with Crippen LogP contribution in [0.2, 0.25) is 0 Å². The lowest BCUT2D eigenvalue weighted by molar-refractivity contribution is -0.119. The van der Waals surface area contributed by atoms with Crippen LogP contribution in [0.15, 0.2) is 121 Å². The minimum Gasteiger partial charge on any atom is -0.445 e. The first-order valence-corrected chi connectivity index (χ1v) is 21.3. The van der Waals surface area contributed by atoms with Crippen LogP contribution in [0.5, 0.6) is 0 Å². The number of amides is 3. The number of para-hydroxylation sites is 2. The van der Waals surface area contributed by atoms with Crippen LogP contribution in [0.1, 0.15) is 84.8 Å². The molecule has 3 amide bonds. The summed E-state index contributed by atoms with van der Waals surface area (Å²) in [5.74, 6) is 0.745. The molecule has 0 unspecified atom stereocenters. The van der Waals surface area contributed by atoms with Gasteiger partial charge >= 0.3 is 12.2 Å². The molecule has 4 atom stereocenters. The normalized spacial score (nSPS) is 16.8. The van der Waals surface area contributed by atoms with E-state index >= 15 is 0 Å². The number of likely N-dealkylation sites (tertiary alicyclic amines) is 2. The summed E-state index contributed by atoms with van der Waals surface area (Å²) < 4.78 is 11.0. The molecule has 11 heteroatoms. The van der Waals surface area contributed by atoms with Crippen molar-refractivity contribution >= 4 is 46.3 Å². The Morgan fingerprint density at radius 3 is 1.53 bits per heavy atom. The molecule has 4 aromatic carbocycles. The van der Waals surface area contributed by atoms with Gasteiger partial charge in [-0.3, -0.25) is 9.59 Å². The highest BCUT2D eigenvalue weighted by molar-refractivity contribution is 6.63. The van der Waals surface area contributed by atoms with Crippen LogP contribution < -0.4 is 10.2 Å². The fourth-order valence-corrected chi connectivity index (χ4v) is 7.27. The molecule has 4 aromatic rings. The Morgan fingerprint density at radius 1 is 0.667 bits per heavy atom. The summed E-state index contributed by atoms with van der Waals surface area (Å²) in [5.41, 5.74) is 4.03. The van der Waals surface area contributed by atoms with Crippen molar-refractivity contribution in [3.63, 3.8) is 0 Å². The lowest BCUT2D eigenvalue weighted by Crippen LogP contribution is -2.50. The minimum absolute atomic E-state index is 0. The lowest BCUT2D eigenvalue weighted by atomic mass is 9.90. The zero-order valence-corrected chi connectivity index (χ0v) is 35.8. The Hall–Kier alpha value is -5.35. The van der Waals surface area contributed by atoms with E-state index in [2.05, 4.69) is 31.3 Å². The maximum absolute atomic E-state index is 12.7. The third kappa shape index (κ3) is 16.4. The standard InChI is InChI=1S/C24H30N2O3.C21H26N2O2.C3H5ClO.CH4/c1-3-23(27)26(22-14-8-5-9-15-22)19(2)21-13-10-16-25(17-21)24(28)29-18-20-11-6-4-7-12-20;1-17(22-20-12-6-3-7-13-20)19-11-8-14-23(15-19)21(24)25-16-18-9-4-2-5-10-18;1-2-3(4)5;/h4-9,11-12,14-15,19,21H,3,10,13,16-18H2,1-2H3;2-7,9-10,12-13,17,19,22H,8,11,14-16H2,1H3;2H2,1H3;1H4/t19-,21-;17-,19-;;/m11../s1. The molecule has 2 saturated heterocycles. The van der Waals surface area contributed by atoms with E-state index in [9.17, 15) is 19.2 Å². The number of benzene rings is 4. The largest absolute Gasteiger partial charge is 0.445 e. The van der Waals surface area contributed by atoms with E-state index in [-0.39, 0.29) is 49.3 Å². The van der Waals surface area contributed by atoms with Crippen molar-refractivity contribution in [2.75, 3.05) is 36.4 Å². The van der Waals surface area contributed by atoms with Crippen molar-refractivity contribution < 1.29 is 28.7 Å². The maximum atomic E-state index is 12.7. The molecule has 60 heavy (non-hydrogen) atoms. The third-order valence-corrected chi connectivity index (χ3v) is 11.0. The number of hydrogen-bond donors (Lipinski definition) is 1. The summed E-state index contributed by atoms with van der Waals surface area (Å²) >= 11 is 4.82. The van der Waals surface area contributed by atoms with Gasteiger partial charge < -0.3 is 29.5 Å². The van der Waals surface area contributed by atoms with E-state index in [1.54, 1.807) is 11.8 Å². The van der Waals surface area contributed by atoms with Crippen LogP contribution in [0, 0.1) is 11.8 Å². The predicted octanol–water partition coefficient (Wildman–Crippen LogP) is 11.2. The van der Waals surface area contributed by atoms with Gasteiger partial charge in [0.15, 0.2) is 0 Å². The minimum atomic E-state index is -0.279. The Morgan fingerprint density at radius 2 is 1.08 bits per heavy atom. The number of carbonyl (C=O) groups excluding carboxylic acids is 4. The second-order valence-electron chi connectivity index (χ2n) is 15.0. The van der Waals surface area contributed by atoms with Gasteiger partial charge in [-0.15, -0.1) is 0 Å². The van der Waals surface area contributed by atoms with Crippen molar-refractivity contribution in [2.45, 2.75) is 98.9 Å². The Labute approximate surface area is 363 Å². The first-order valence-electron chi connectivity index (χ1n) is 20.9. The Bertz CT molecular complexity index is 1840. The molecule has 0 radical (unpaired) electrons. The van der Waals surface area contributed by atoms with E-state index < -0.39 is 0 Å². The van der Waals surface area contributed by atoms with Gasteiger partial charge in [0.05, 0.1) is 0 Å². The predicted molar refractivity (Wildman–Crippen MR) is 243 cm³/mol. The summed E-state index contributed by atoms with van der Waals surface area (Å²) in [6, 6.07) is 39.9. The highest BCUT2D eigenvalue weighted by atomic mass is 35.5. The summed E-state index contributed by atoms with van der Waals surface area (Å²) in [6.45, 7) is 11.3. The average molecular weight is 842 g/mol. The summed E-state index contributed by atoms with van der Waals surface area (Å²) in [7, 11) is 0. The summed E-state index contributed by atoms with van der Waals surface area (Å²) in [4.78, 5) is 52.8. The molecular weight excluding hydrogens is 776 g/mol. The zero-order chi connectivity index (χ0) is 42.4. The molecule has 2 heterocycles. The number of anilines is 2. The topological polar surface area (TPSA) is 108 Å². The van der Waals surface area contributed by atoms with Crippen molar-refractivity contribution in [2.24, 2.45) is 11.8 Å². The van der Waals surface area contributed by atoms with E-state index in [1.807, 2.05) is 126 Å². The number of rotatable bonds is 12. The second-order valence-corrected chi connectivity index (χ2v) is 15.4. The van der Waals surface area contributed by atoms with Gasteiger partial charge in [-0.2, -0.15) is 0 Å². The molecule has 0 spiro atoms. The molecule has 2 aliphatic rings. The number of carbonyl (C=O) groups is 4. The first kappa shape index (κ1) is 49.0. The van der Waals surface area contributed by atoms with Gasteiger partial charge in [0.2, 0.25) is 11.1 Å². The van der Waals surface area contributed by atoms with Crippen molar-refractivity contribution in [3.8, 4) is 0 Å². The van der Waals surface area contributed by atoms with Gasteiger partial charge in [0.1, 0.15) is 13.2 Å². The van der Waals surface area contributed by atoms with Crippen LogP contribution >= 0.6 is 11.6 Å². The van der Waals surface area contributed by atoms with Crippen molar-refractivity contribution in [3.05, 3.63) is 132 Å². The first-order chi connectivity index (χ1) is 28.6. The average Bonchev–Trinajstić information content (AvgIpc) is 3.29. The van der Waals surface area contributed by atoms with E-state index in [0.29, 0.717) is 44.5 Å². The van der Waals surface area contributed by atoms with Crippen LogP contribution in [0.4, 0.5) is 21.0 Å². The molecule has 1 N–H and O–H groups in total. The highest BCUT2D eigenvalue weighted by Gasteiger charge is 2.33. The monoisotopic (exact) mass is 840 g/mol. The van der Waals surface area contributed by atoms with Gasteiger partial charge in [-0.25, -0.2) is 9.59 Å². The van der Waals surface area contributed by atoms with Gasteiger partial charge in [0.25, 0.3) is 0 Å². The highest BCUT2D eigenvalue weighted by Crippen LogP contribution is 2.28. The molecule has 0 saturated carbocycles. The number of nitrogens with one attached hydrogen (secondary N) is 1. The van der Waals surface area contributed by atoms with Crippen LogP contribution in [-0.2, 0) is 32.3 Å². The lowest BCUT2D eigenvalue weighted by Gasteiger charge is -2.40. The van der Waals surface area contributed by atoms with Crippen molar-refractivity contribution in [1.82, 2.24) is 9.80 Å². The third-order valence-electron chi connectivity index (χ3n) is 10.7. The Kier molecular flexibility index (Phi) is 21.8. The van der Waals surface area contributed by atoms with Crippen LogP contribution in [-0.4, -0.2) is 71.4 Å². The maximum Gasteiger partial charge on any atom is 0.410 e. The number of nitrogens with zero attached hydrogens (tertiary/aromatic N) is 3. The van der Waals surface area contributed by atoms with Crippen LogP contribution in [0.3, 0.4) is 0 Å². The van der Waals surface area contributed by atoms with E-state index in [4.69, 9.17) is 21.1 Å². The molecule has 324 valence electrons. The number of piperidine rings is 2. The molecule has 10 nitrogen and oxygen atoms in total. The molecule has 6 rings (SSSR count). The van der Waals surface area contributed by atoms with E-state index in [0.717, 1.165) is 61.3 Å². The summed E-state index contributed by atoms with van der Waals surface area (Å²) in [5, 5.41) is 3.28. The number of halogens is 1. The second kappa shape index (κ2) is 26.7. The fraction of sp³-hybridized carbons (Fsp3) is 0.429. The molecule has 0 aromatic heterocycles. The smallest absolute Gasteiger partial charge is 0.410 e. The summed E-state index contributed by atoms with van der Waals surface area (Å²) in [6.07, 6.45) is 4.45. The number of hydrogen-bond acceptors (Lipinski definition) is 7. The molecular formula is C49H65ClN4O6. The molecule has 2 fully saturated rings. The number of ether oxygens (including phenoxy) is 2. The van der Waals surface area contributed by atoms with E-state index in [1.165, 1.54) is 0 Å². The molecule has 0 aliphatic carbocycles. The molecule has 0 bridgehead atoms.